The van der Waals surface area contributed by atoms with Crippen LogP contribution in [0.2, 0.25) is 0 Å². The van der Waals surface area contributed by atoms with Crippen molar-refractivity contribution in [2.45, 2.75) is 52.1 Å². The maximum Gasteiger partial charge on any atom is 0.410 e. The Morgan fingerprint density at radius 3 is 2.47 bits per heavy atom. The van der Waals surface area contributed by atoms with Crippen molar-refractivity contribution in [3.8, 4) is 11.5 Å². The lowest BCUT2D eigenvalue weighted by Crippen LogP contribution is -2.53. The van der Waals surface area contributed by atoms with Gasteiger partial charge in [-0.3, -0.25) is 4.90 Å². The fraction of sp³-hybridized carbons (Fsp3) is 0.741. The maximum atomic E-state index is 13.0. The van der Waals surface area contributed by atoms with Gasteiger partial charge in [0.2, 0.25) is 0 Å². The highest BCUT2D eigenvalue weighted by atomic mass is 16.6. The first kappa shape index (κ1) is 25.1. The third-order valence-corrected chi connectivity index (χ3v) is 8.04. The van der Waals surface area contributed by atoms with Gasteiger partial charge in [0.1, 0.15) is 0 Å². The summed E-state index contributed by atoms with van der Waals surface area (Å²) < 4.78 is 17.2. The molecule has 3 heterocycles. The van der Waals surface area contributed by atoms with Crippen LogP contribution in [0.4, 0.5) is 4.79 Å². The second-order valence-corrected chi connectivity index (χ2v) is 10.9. The number of benzene rings is 1. The molecule has 190 valence electrons. The van der Waals surface area contributed by atoms with E-state index in [1.807, 2.05) is 4.90 Å². The van der Waals surface area contributed by atoms with Gasteiger partial charge in [-0.05, 0) is 74.2 Å². The molecule has 0 N–H and O–H groups in total. The van der Waals surface area contributed by atoms with E-state index in [0.29, 0.717) is 30.4 Å². The molecule has 1 aromatic rings. The Labute approximate surface area is 205 Å². The summed E-state index contributed by atoms with van der Waals surface area (Å²) in [5, 5.41) is 0. The summed E-state index contributed by atoms with van der Waals surface area (Å²) in [6, 6.07) is 4.84. The quantitative estimate of drug-likeness (QED) is 0.621. The average molecular weight is 474 g/mol. The van der Waals surface area contributed by atoms with E-state index in [0.717, 1.165) is 63.5 Å². The molecule has 7 heteroatoms. The smallest absolute Gasteiger partial charge is 0.410 e. The van der Waals surface area contributed by atoms with Crippen LogP contribution in [0.3, 0.4) is 0 Å². The molecule has 0 aromatic heterocycles. The molecule has 2 saturated heterocycles. The van der Waals surface area contributed by atoms with Crippen LogP contribution in [-0.4, -0.2) is 87.4 Å². The van der Waals surface area contributed by atoms with Gasteiger partial charge in [0.25, 0.3) is 0 Å². The van der Waals surface area contributed by atoms with E-state index in [9.17, 15) is 4.79 Å². The number of ether oxygens (including phenoxy) is 3. The first-order chi connectivity index (χ1) is 16.3. The minimum absolute atomic E-state index is 0.151. The number of rotatable bonds is 6. The molecule has 0 radical (unpaired) electrons. The third kappa shape index (κ3) is 5.30. The molecule has 1 aromatic carbocycles. The fourth-order valence-electron chi connectivity index (χ4n) is 6.25. The summed E-state index contributed by atoms with van der Waals surface area (Å²) in [5.74, 6) is 3.11. The van der Waals surface area contributed by atoms with Crippen LogP contribution in [0, 0.1) is 17.8 Å². The summed E-state index contributed by atoms with van der Waals surface area (Å²) in [5.41, 5.74) is 2.69. The second-order valence-electron chi connectivity index (χ2n) is 10.9. The Morgan fingerprint density at radius 2 is 1.79 bits per heavy atom. The second kappa shape index (κ2) is 10.7. The average Bonchev–Trinajstić information content (AvgIpc) is 2.81. The van der Waals surface area contributed by atoms with Gasteiger partial charge in [0.15, 0.2) is 11.5 Å². The van der Waals surface area contributed by atoms with Crippen LogP contribution >= 0.6 is 0 Å². The normalized spacial score (nSPS) is 27.8. The molecule has 34 heavy (non-hydrogen) atoms. The van der Waals surface area contributed by atoms with E-state index < -0.39 is 0 Å². The van der Waals surface area contributed by atoms with Crippen molar-refractivity contribution in [2.75, 3.05) is 60.6 Å². The van der Waals surface area contributed by atoms with Crippen LogP contribution in [0.15, 0.2) is 12.1 Å². The SMILES string of the molecule is COc1cc2c(cc1OC)[C@H]1C[C@@H](COC(=O)N3CCN(C)C[C@H]3C)[C@H](CC(C)C)CN1CC2. The minimum atomic E-state index is -0.151. The molecule has 7 nitrogen and oxygen atoms in total. The van der Waals surface area contributed by atoms with Gasteiger partial charge in [0, 0.05) is 44.8 Å². The van der Waals surface area contributed by atoms with Crippen LogP contribution < -0.4 is 9.47 Å². The van der Waals surface area contributed by atoms with Crippen molar-refractivity contribution in [1.29, 1.82) is 0 Å². The van der Waals surface area contributed by atoms with E-state index in [1.54, 1.807) is 14.2 Å². The molecular formula is C27H43N3O4. The summed E-state index contributed by atoms with van der Waals surface area (Å²) in [6.45, 7) is 11.9. The van der Waals surface area contributed by atoms with Crippen LogP contribution in [-0.2, 0) is 11.2 Å². The number of piperazine rings is 1. The van der Waals surface area contributed by atoms with Gasteiger partial charge in [-0.2, -0.15) is 0 Å². The Kier molecular flexibility index (Phi) is 7.93. The number of nitrogens with zero attached hydrogens (tertiary/aromatic N) is 3. The number of carbonyl (C=O) groups is 1. The minimum Gasteiger partial charge on any atom is -0.493 e. The van der Waals surface area contributed by atoms with E-state index in [-0.39, 0.29) is 12.1 Å². The van der Waals surface area contributed by atoms with Crippen molar-refractivity contribution in [2.24, 2.45) is 17.8 Å². The maximum absolute atomic E-state index is 13.0. The Hall–Kier alpha value is -1.99. The first-order valence-electron chi connectivity index (χ1n) is 12.9. The van der Waals surface area contributed by atoms with Crippen molar-refractivity contribution in [1.82, 2.24) is 14.7 Å². The molecule has 3 aliphatic rings. The number of carbonyl (C=O) groups excluding carboxylic acids is 1. The van der Waals surface area contributed by atoms with Gasteiger partial charge in [0.05, 0.1) is 20.8 Å². The van der Waals surface area contributed by atoms with Crippen molar-refractivity contribution in [3.63, 3.8) is 0 Å². The summed E-state index contributed by atoms with van der Waals surface area (Å²) >= 11 is 0. The predicted octanol–water partition coefficient (Wildman–Crippen LogP) is 4.06. The van der Waals surface area contributed by atoms with Gasteiger partial charge in [-0.25, -0.2) is 4.79 Å². The van der Waals surface area contributed by atoms with Gasteiger partial charge < -0.3 is 24.0 Å². The zero-order valence-corrected chi connectivity index (χ0v) is 21.9. The van der Waals surface area contributed by atoms with E-state index >= 15 is 0 Å². The lowest BCUT2D eigenvalue weighted by Gasteiger charge is -2.47. The molecule has 2 fully saturated rings. The highest BCUT2D eigenvalue weighted by molar-refractivity contribution is 5.68. The van der Waals surface area contributed by atoms with E-state index in [4.69, 9.17) is 14.2 Å². The largest absolute Gasteiger partial charge is 0.493 e. The van der Waals surface area contributed by atoms with E-state index in [1.165, 1.54) is 11.1 Å². The first-order valence-corrected chi connectivity index (χ1v) is 12.9. The highest BCUT2D eigenvalue weighted by Crippen LogP contribution is 2.45. The molecule has 4 rings (SSSR count). The molecule has 3 aliphatic heterocycles. The van der Waals surface area contributed by atoms with Crippen molar-refractivity contribution < 1.29 is 19.0 Å². The number of likely N-dealkylation sites (N-methyl/N-ethyl adjacent to an activating group) is 1. The van der Waals surface area contributed by atoms with Gasteiger partial charge in [-0.1, -0.05) is 13.8 Å². The number of piperidine rings is 1. The highest BCUT2D eigenvalue weighted by Gasteiger charge is 2.40. The molecule has 0 unspecified atom stereocenters. The monoisotopic (exact) mass is 473 g/mol. The van der Waals surface area contributed by atoms with Gasteiger partial charge >= 0.3 is 6.09 Å². The van der Waals surface area contributed by atoms with Crippen LogP contribution in [0.1, 0.15) is 50.8 Å². The molecule has 1 amide bonds. The third-order valence-electron chi connectivity index (χ3n) is 8.04. The number of fused-ring (bicyclic) bond motifs is 3. The number of hydrogen-bond acceptors (Lipinski definition) is 6. The predicted molar refractivity (Wildman–Crippen MR) is 134 cm³/mol. The number of hydrogen-bond donors (Lipinski definition) is 0. The molecule has 0 saturated carbocycles. The van der Waals surface area contributed by atoms with Crippen LogP contribution in [0.5, 0.6) is 11.5 Å². The Morgan fingerprint density at radius 1 is 1.06 bits per heavy atom. The standard InChI is InChI=1S/C27H43N3O4/c1-18(2)11-21-16-29-8-7-20-13-25(32-5)26(33-6)14-23(20)24(29)12-22(21)17-34-27(31)30-10-9-28(4)15-19(30)3/h13-14,18-19,21-22,24H,7-12,15-17H2,1-6H3/t19-,21-,22+,24-/m1/s1. The topological polar surface area (TPSA) is 54.5 Å². The van der Waals surface area contributed by atoms with Crippen molar-refractivity contribution >= 4 is 6.09 Å². The lowest BCUT2D eigenvalue weighted by atomic mass is 9.74. The zero-order valence-electron chi connectivity index (χ0n) is 21.9. The van der Waals surface area contributed by atoms with Crippen molar-refractivity contribution in [3.05, 3.63) is 23.3 Å². The van der Waals surface area contributed by atoms with Gasteiger partial charge in [-0.15, -0.1) is 0 Å². The number of methoxy groups -OCH3 is 2. The lowest BCUT2D eigenvalue weighted by molar-refractivity contribution is -0.00158. The molecule has 4 atom stereocenters. The summed E-state index contributed by atoms with van der Waals surface area (Å²) in [4.78, 5) is 19.8. The fourth-order valence-corrected chi connectivity index (χ4v) is 6.25. The summed E-state index contributed by atoms with van der Waals surface area (Å²) in [6.07, 6.45) is 3.05. The Balaban J connectivity index is 1.50. The summed E-state index contributed by atoms with van der Waals surface area (Å²) in [7, 11) is 5.50. The van der Waals surface area contributed by atoms with E-state index in [2.05, 4.69) is 49.8 Å². The Bertz CT molecular complexity index is 861. The number of amides is 1. The molecule has 0 bridgehead atoms. The van der Waals surface area contributed by atoms with Crippen LogP contribution in [0.25, 0.3) is 0 Å². The molecule has 0 aliphatic carbocycles. The molecular weight excluding hydrogens is 430 g/mol. The molecule has 0 spiro atoms. The zero-order chi connectivity index (χ0) is 24.4.